The number of aromatic nitrogens is 1. The summed E-state index contributed by atoms with van der Waals surface area (Å²) < 4.78 is 5.93. The lowest BCUT2D eigenvalue weighted by Crippen LogP contribution is -2.52. The maximum atomic E-state index is 12.7. The molecule has 1 aromatic carbocycles. The van der Waals surface area contributed by atoms with Gasteiger partial charge < -0.3 is 10.1 Å². The molecule has 1 aliphatic carbocycles. The van der Waals surface area contributed by atoms with Crippen LogP contribution in [0.1, 0.15) is 42.5 Å². The Morgan fingerprint density at radius 2 is 2.14 bits per heavy atom. The number of benzene rings is 1. The second kappa shape index (κ2) is 5.36. The quantitative estimate of drug-likeness (QED) is 0.926. The van der Waals surface area contributed by atoms with E-state index in [2.05, 4.69) is 10.3 Å². The molecular formula is C18H20N2O2. The molecule has 2 heterocycles. The Balaban J connectivity index is 1.54. The van der Waals surface area contributed by atoms with Crippen molar-refractivity contribution in [1.82, 2.24) is 10.3 Å². The number of nitrogens with zero attached hydrogens (tertiary/aromatic N) is 1. The number of pyridine rings is 1. The standard InChI is InChI=1S/C18H20N2O2/c21-17(15-6-10-19-16-5-2-1-4-14(15)16)20-13-7-11-22-18(12-13)8-3-9-18/h1-2,4-6,10,13H,3,7-9,11-12H2,(H,20,21). The summed E-state index contributed by atoms with van der Waals surface area (Å²) in [6, 6.07) is 9.79. The van der Waals surface area contributed by atoms with Crippen molar-refractivity contribution in [2.45, 2.75) is 43.7 Å². The molecule has 1 atom stereocenters. The summed E-state index contributed by atoms with van der Waals surface area (Å²) in [5.41, 5.74) is 1.62. The van der Waals surface area contributed by atoms with Gasteiger partial charge in [-0.2, -0.15) is 0 Å². The lowest BCUT2D eigenvalue weighted by Gasteiger charge is -2.47. The van der Waals surface area contributed by atoms with Crippen molar-refractivity contribution in [3.63, 3.8) is 0 Å². The first-order valence-electron chi connectivity index (χ1n) is 8.04. The highest BCUT2D eigenvalue weighted by atomic mass is 16.5. The van der Waals surface area contributed by atoms with Crippen LogP contribution in [0.3, 0.4) is 0 Å². The second-order valence-corrected chi connectivity index (χ2v) is 6.42. The van der Waals surface area contributed by atoms with Gasteiger partial charge in [0, 0.05) is 24.2 Å². The second-order valence-electron chi connectivity index (χ2n) is 6.42. The molecule has 114 valence electrons. The zero-order chi connectivity index (χ0) is 15.0. The third-order valence-electron chi connectivity index (χ3n) is 4.99. The van der Waals surface area contributed by atoms with E-state index in [1.165, 1.54) is 6.42 Å². The number of ether oxygens (including phenoxy) is 1. The van der Waals surface area contributed by atoms with Gasteiger partial charge in [0.25, 0.3) is 5.91 Å². The van der Waals surface area contributed by atoms with Crippen molar-refractivity contribution in [3.05, 3.63) is 42.1 Å². The molecule has 2 aromatic rings. The minimum absolute atomic E-state index is 0.0000246. The number of hydrogen-bond acceptors (Lipinski definition) is 3. The van der Waals surface area contributed by atoms with Gasteiger partial charge in [0.1, 0.15) is 0 Å². The molecule has 1 unspecified atom stereocenters. The van der Waals surface area contributed by atoms with Crippen LogP contribution in [-0.2, 0) is 4.74 Å². The maximum absolute atomic E-state index is 12.7. The number of fused-ring (bicyclic) bond motifs is 1. The van der Waals surface area contributed by atoms with Crippen LogP contribution in [0, 0.1) is 0 Å². The summed E-state index contributed by atoms with van der Waals surface area (Å²) >= 11 is 0. The Bertz CT molecular complexity index is 704. The van der Waals surface area contributed by atoms with E-state index in [9.17, 15) is 4.79 Å². The topological polar surface area (TPSA) is 51.2 Å². The van der Waals surface area contributed by atoms with Crippen LogP contribution in [0.25, 0.3) is 10.9 Å². The molecule has 1 amide bonds. The van der Waals surface area contributed by atoms with E-state index in [1.54, 1.807) is 12.3 Å². The number of nitrogens with one attached hydrogen (secondary N) is 1. The molecule has 2 aliphatic rings. The van der Waals surface area contributed by atoms with Crippen LogP contribution in [0.2, 0.25) is 0 Å². The molecule has 2 fully saturated rings. The molecule has 1 saturated carbocycles. The maximum Gasteiger partial charge on any atom is 0.252 e. The predicted octanol–water partition coefficient (Wildman–Crippen LogP) is 3.07. The van der Waals surface area contributed by atoms with Crippen LogP contribution < -0.4 is 5.32 Å². The number of para-hydroxylation sites is 1. The first-order valence-corrected chi connectivity index (χ1v) is 8.04. The first-order chi connectivity index (χ1) is 10.8. The van der Waals surface area contributed by atoms with E-state index < -0.39 is 0 Å². The van der Waals surface area contributed by atoms with Gasteiger partial charge in [-0.25, -0.2) is 0 Å². The number of amides is 1. The Hall–Kier alpha value is -1.94. The Kier molecular flexibility index (Phi) is 3.34. The van der Waals surface area contributed by atoms with Crippen molar-refractivity contribution in [1.29, 1.82) is 0 Å². The van der Waals surface area contributed by atoms with E-state index in [4.69, 9.17) is 4.74 Å². The number of carbonyl (C=O) groups excluding carboxylic acids is 1. The van der Waals surface area contributed by atoms with Gasteiger partial charge in [-0.05, 0) is 44.2 Å². The molecule has 1 saturated heterocycles. The molecule has 4 heteroatoms. The molecule has 1 N–H and O–H groups in total. The highest BCUT2D eigenvalue weighted by molar-refractivity contribution is 6.06. The normalized spacial score (nSPS) is 23.2. The molecule has 22 heavy (non-hydrogen) atoms. The average molecular weight is 296 g/mol. The van der Waals surface area contributed by atoms with Crippen LogP contribution in [-0.4, -0.2) is 29.1 Å². The van der Waals surface area contributed by atoms with Crippen LogP contribution in [0.15, 0.2) is 36.5 Å². The molecule has 0 bridgehead atoms. The molecule has 4 nitrogen and oxygen atoms in total. The smallest absolute Gasteiger partial charge is 0.252 e. The molecule has 0 radical (unpaired) electrons. The minimum Gasteiger partial charge on any atom is -0.375 e. The van der Waals surface area contributed by atoms with Gasteiger partial charge in [-0.15, -0.1) is 0 Å². The Labute approximate surface area is 129 Å². The van der Waals surface area contributed by atoms with Gasteiger partial charge in [0.2, 0.25) is 0 Å². The van der Waals surface area contributed by atoms with E-state index >= 15 is 0 Å². The van der Waals surface area contributed by atoms with E-state index in [0.29, 0.717) is 5.56 Å². The molecular weight excluding hydrogens is 276 g/mol. The zero-order valence-electron chi connectivity index (χ0n) is 12.5. The molecule has 1 aromatic heterocycles. The van der Waals surface area contributed by atoms with Crippen molar-refractivity contribution in [3.8, 4) is 0 Å². The lowest BCUT2D eigenvalue weighted by molar-refractivity contribution is -0.134. The fraction of sp³-hybridized carbons (Fsp3) is 0.444. The average Bonchev–Trinajstić information content (AvgIpc) is 2.53. The first kappa shape index (κ1) is 13.7. The molecule has 1 spiro atoms. The summed E-state index contributed by atoms with van der Waals surface area (Å²) in [4.78, 5) is 17.0. The zero-order valence-corrected chi connectivity index (χ0v) is 12.5. The number of hydrogen-bond donors (Lipinski definition) is 1. The summed E-state index contributed by atoms with van der Waals surface area (Å²) in [6.45, 7) is 0.752. The van der Waals surface area contributed by atoms with Crippen molar-refractivity contribution < 1.29 is 9.53 Å². The fourth-order valence-electron chi connectivity index (χ4n) is 3.63. The summed E-state index contributed by atoms with van der Waals surface area (Å²) in [7, 11) is 0. The van der Waals surface area contributed by atoms with Gasteiger partial charge >= 0.3 is 0 Å². The molecule has 4 rings (SSSR count). The van der Waals surface area contributed by atoms with E-state index in [0.717, 1.165) is 43.2 Å². The highest BCUT2D eigenvalue weighted by Crippen LogP contribution is 2.42. The lowest BCUT2D eigenvalue weighted by atomic mass is 9.74. The van der Waals surface area contributed by atoms with Crippen LogP contribution in [0.4, 0.5) is 0 Å². The third kappa shape index (κ3) is 2.37. The van der Waals surface area contributed by atoms with Crippen molar-refractivity contribution in [2.75, 3.05) is 6.61 Å². The van der Waals surface area contributed by atoms with E-state index in [1.807, 2.05) is 24.3 Å². The fourth-order valence-corrected chi connectivity index (χ4v) is 3.63. The monoisotopic (exact) mass is 296 g/mol. The SMILES string of the molecule is O=C(NC1CCOC2(CCC2)C1)c1ccnc2ccccc12. The summed E-state index contributed by atoms with van der Waals surface area (Å²) in [5.74, 6) is -0.0000246. The van der Waals surface area contributed by atoms with Gasteiger partial charge in [-0.3, -0.25) is 9.78 Å². The van der Waals surface area contributed by atoms with E-state index in [-0.39, 0.29) is 17.6 Å². The highest BCUT2D eigenvalue weighted by Gasteiger charge is 2.42. The molecule has 1 aliphatic heterocycles. The van der Waals surface area contributed by atoms with Crippen LogP contribution >= 0.6 is 0 Å². The largest absolute Gasteiger partial charge is 0.375 e. The third-order valence-corrected chi connectivity index (χ3v) is 4.99. The summed E-state index contributed by atoms with van der Waals surface area (Å²) in [6.07, 6.45) is 7.07. The van der Waals surface area contributed by atoms with Crippen molar-refractivity contribution in [2.24, 2.45) is 0 Å². The van der Waals surface area contributed by atoms with Gasteiger partial charge in [-0.1, -0.05) is 18.2 Å². The van der Waals surface area contributed by atoms with Crippen LogP contribution in [0.5, 0.6) is 0 Å². The number of rotatable bonds is 2. The van der Waals surface area contributed by atoms with Gasteiger partial charge in [0.05, 0.1) is 16.7 Å². The van der Waals surface area contributed by atoms with Gasteiger partial charge in [0.15, 0.2) is 0 Å². The van der Waals surface area contributed by atoms with Crippen molar-refractivity contribution >= 4 is 16.8 Å². The summed E-state index contributed by atoms with van der Waals surface area (Å²) in [5, 5.41) is 4.11. The number of carbonyl (C=O) groups is 1. The minimum atomic E-state index is -0.0000246. The predicted molar refractivity (Wildman–Crippen MR) is 84.8 cm³/mol. The Morgan fingerprint density at radius 1 is 1.27 bits per heavy atom. The Morgan fingerprint density at radius 3 is 2.95 bits per heavy atom.